The van der Waals surface area contributed by atoms with Crippen molar-refractivity contribution in [3.8, 4) is 0 Å². The zero-order valence-electron chi connectivity index (χ0n) is 9.72. The fourth-order valence-corrected chi connectivity index (χ4v) is 1.87. The number of aromatic amines is 1. The summed E-state index contributed by atoms with van der Waals surface area (Å²) in [7, 11) is 4.16. The molecule has 0 aliphatic rings. The lowest BCUT2D eigenvalue weighted by atomic mass is 9.98. The van der Waals surface area contributed by atoms with E-state index in [-0.39, 0.29) is 0 Å². The zero-order valence-corrected chi connectivity index (χ0v) is 9.72. The van der Waals surface area contributed by atoms with Crippen LogP contribution in [-0.2, 0) is 0 Å². The van der Waals surface area contributed by atoms with Crippen LogP contribution in [0.15, 0.2) is 42.7 Å². The number of nitrogens with one attached hydrogen (secondary N) is 1. The smallest absolute Gasteiger partial charge is 0.114 e. The molecule has 2 aromatic rings. The summed E-state index contributed by atoms with van der Waals surface area (Å²) in [6.07, 6.45) is 3.68. The molecule has 0 aliphatic carbocycles. The first-order valence-corrected chi connectivity index (χ1v) is 5.46. The molecule has 1 aromatic carbocycles. The summed E-state index contributed by atoms with van der Waals surface area (Å²) in [5, 5.41) is 0. The van der Waals surface area contributed by atoms with Crippen LogP contribution in [0, 0.1) is 0 Å². The lowest BCUT2D eigenvalue weighted by Gasteiger charge is -2.19. The number of benzene rings is 1. The highest BCUT2D eigenvalue weighted by molar-refractivity contribution is 5.25. The molecule has 0 amide bonds. The van der Waals surface area contributed by atoms with Crippen LogP contribution in [0.2, 0.25) is 0 Å². The maximum absolute atomic E-state index is 4.36. The van der Waals surface area contributed by atoms with Gasteiger partial charge in [-0.1, -0.05) is 30.3 Å². The molecule has 1 unspecified atom stereocenters. The Hall–Kier alpha value is -1.61. The lowest BCUT2D eigenvalue weighted by Crippen LogP contribution is -2.22. The van der Waals surface area contributed by atoms with Crippen molar-refractivity contribution in [2.75, 3.05) is 20.6 Å². The Balaban J connectivity index is 2.29. The Morgan fingerprint density at radius 1 is 1.25 bits per heavy atom. The van der Waals surface area contributed by atoms with Crippen molar-refractivity contribution in [2.45, 2.75) is 5.92 Å². The minimum absolute atomic E-state index is 0.311. The number of rotatable bonds is 4. The van der Waals surface area contributed by atoms with Gasteiger partial charge in [0.2, 0.25) is 0 Å². The van der Waals surface area contributed by atoms with Gasteiger partial charge >= 0.3 is 0 Å². The van der Waals surface area contributed by atoms with E-state index in [1.807, 2.05) is 12.3 Å². The van der Waals surface area contributed by atoms with Gasteiger partial charge in [0.1, 0.15) is 5.82 Å². The lowest BCUT2D eigenvalue weighted by molar-refractivity contribution is 0.387. The minimum Gasteiger partial charge on any atom is -0.348 e. The molecular formula is C13H17N3. The second-order valence-corrected chi connectivity index (χ2v) is 4.20. The first kappa shape index (κ1) is 10.9. The molecule has 3 nitrogen and oxygen atoms in total. The largest absolute Gasteiger partial charge is 0.348 e. The summed E-state index contributed by atoms with van der Waals surface area (Å²) in [5.74, 6) is 1.34. The van der Waals surface area contributed by atoms with Gasteiger partial charge in [0.05, 0.1) is 5.92 Å². The van der Waals surface area contributed by atoms with Crippen molar-refractivity contribution >= 4 is 0 Å². The fourth-order valence-electron chi connectivity index (χ4n) is 1.87. The molecule has 16 heavy (non-hydrogen) atoms. The van der Waals surface area contributed by atoms with E-state index in [4.69, 9.17) is 0 Å². The van der Waals surface area contributed by atoms with E-state index in [0.29, 0.717) is 5.92 Å². The topological polar surface area (TPSA) is 31.9 Å². The summed E-state index contributed by atoms with van der Waals surface area (Å²) < 4.78 is 0. The third-order valence-corrected chi connectivity index (χ3v) is 2.60. The van der Waals surface area contributed by atoms with Gasteiger partial charge in [-0.05, 0) is 19.7 Å². The monoisotopic (exact) mass is 215 g/mol. The van der Waals surface area contributed by atoms with Gasteiger partial charge < -0.3 is 9.88 Å². The number of nitrogens with zero attached hydrogens (tertiary/aromatic N) is 2. The highest BCUT2D eigenvalue weighted by atomic mass is 15.1. The molecule has 0 aliphatic heterocycles. The molecule has 3 heteroatoms. The molecule has 0 spiro atoms. The number of aromatic nitrogens is 2. The van der Waals surface area contributed by atoms with E-state index >= 15 is 0 Å². The van der Waals surface area contributed by atoms with Gasteiger partial charge in [-0.3, -0.25) is 0 Å². The van der Waals surface area contributed by atoms with E-state index in [2.05, 4.69) is 53.2 Å². The maximum Gasteiger partial charge on any atom is 0.114 e. The van der Waals surface area contributed by atoms with E-state index < -0.39 is 0 Å². The van der Waals surface area contributed by atoms with Crippen LogP contribution in [0.3, 0.4) is 0 Å². The second kappa shape index (κ2) is 4.94. The van der Waals surface area contributed by atoms with Gasteiger partial charge in [0.25, 0.3) is 0 Å². The van der Waals surface area contributed by atoms with Crippen LogP contribution in [0.25, 0.3) is 0 Å². The first-order valence-electron chi connectivity index (χ1n) is 5.46. The van der Waals surface area contributed by atoms with E-state index in [0.717, 1.165) is 12.4 Å². The molecule has 1 atom stereocenters. The average molecular weight is 215 g/mol. The summed E-state index contributed by atoms with van der Waals surface area (Å²) in [5.41, 5.74) is 1.30. The minimum atomic E-state index is 0.311. The third-order valence-electron chi connectivity index (χ3n) is 2.60. The SMILES string of the molecule is CN(C)CC(c1ccccc1)c1ncc[nH]1. The maximum atomic E-state index is 4.36. The Labute approximate surface area is 96.1 Å². The van der Waals surface area contributed by atoms with E-state index in [1.54, 1.807) is 6.20 Å². The number of imidazole rings is 1. The second-order valence-electron chi connectivity index (χ2n) is 4.20. The molecule has 0 saturated carbocycles. The Kier molecular flexibility index (Phi) is 3.37. The fraction of sp³-hybridized carbons (Fsp3) is 0.308. The molecule has 1 N–H and O–H groups in total. The molecule has 1 aromatic heterocycles. The van der Waals surface area contributed by atoms with Crippen molar-refractivity contribution in [3.63, 3.8) is 0 Å². The predicted molar refractivity (Wildman–Crippen MR) is 65.4 cm³/mol. The predicted octanol–water partition coefficient (Wildman–Crippen LogP) is 2.10. The number of H-pyrrole nitrogens is 1. The Bertz CT molecular complexity index is 406. The van der Waals surface area contributed by atoms with Crippen LogP contribution >= 0.6 is 0 Å². The van der Waals surface area contributed by atoms with Gasteiger partial charge in [0.15, 0.2) is 0 Å². The number of hydrogen-bond acceptors (Lipinski definition) is 2. The Morgan fingerprint density at radius 2 is 2.00 bits per heavy atom. The van der Waals surface area contributed by atoms with Gasteiger partial charge in [-0.25, -0.2) is 4.98 Å². The molecule has 1 heterocycles. The molecule has 0 fully saturated rings. The molecule has 0 bridgehead atoms. The molecule has 84 valence electrons. The number of likely N-dealkylation sites (N-methyl/N-ethyl adjacent to an activating group) is 1. The van der Waals surface area contributed by atoms with Crippen LogP contribution in [0.1, 0.15) is 17.3 Å². The summed E-state index contributed by atoms with van der Waals surface area (Å²) >= 11 is 0. The van der Waals surface area contributed by atoms with E-state index in [1.165, 1.54) is 5.56 Å². The van der Waals surface area contributed by atoms with Crippen molar-refractivity contribution in [1.82, 2.24) is 14.9 Å². The normalized spacial score (nSPS) is 12.9. The third kappa shape index (κ3) is 2.49. The average Bonchev–Trinajstić information content (AvgIpc) is 2.80. The van der Waals surface area contributed by atoms with Crippen LogP contribution in [0.4, 0.5) is 0 Å². The quantitative estimate of drug-likeness (QED) is 0.847. The first-order chi connectivity index (χ1) is 7.77. The standard InChI is InChI=1S/C13H17N3/c1-16(2)10-12(13-14-8-9-15-13)11-6-4-3-5-7-11/h3-9,12H,10H2,1-2H3,(H,14,15). The molecule has 2 rings (SSSR count). The highest BCUT2D eigenvalue weighted by Gasteiger charge is 2.16. The van der Waals surface area contributed by atoms with Crippen molar-refractivity contribution in [3.05, 3.63) is 54.1 Å². The highest BCUT2D eigenvalue weighted by Crippen LogP contribution is 2.21. The van der Waals surface area contributed by atoms with E-state index in [9.17, 15) is 0 Å². The van der Waals surface area contributed by atoms with Crippen molar-refractivity contribution in [2.24, 2.45) is 0 Å². The van der Waals surface area contributed by atoms with Gasteiger partial charge in [0, 0.05) is 18.9 Å². The summed E-state index contributed by atoms with van der Waals surface area (Å²) in [6.45, 7) is 0.956. The van der Waals surface area contributed by atoms with Crippen LogP contribution in [-0.4, -0.2) is 35.5 Å². The summed E-state index contributed by atoms with van der Waals surface area (Å²) in [6, 6.07) is 10.5. The summed E-state index contributed by atoms with van der Waals surface area (Å²) in [4.78, 5) is 9.75. The van der Waals surface area contributed by atoms with Crippen LogP contribution < -0.4 is 0 Å². The molecule has 0 saturated heterocycles. The zero-order chi connectivity index (χ0) is 11.4. The van der Waals surface area contributed by atoms with Gasteiger partial charge in [-0.2, -0.15) is 0 Å². The number of hydrogen-bond donors (Lipinski definition) is 1. The molecule has 0 radical (unpaired) electrons. The molecular weight excluding hydrogens is 198 g/mol. The van der Waals surface area contributed by atoms with Crippen LogP contribution in [0.5, 0.6) is 0 Å². The van der Waals surface area contributed by atoms with Crippen molar-refractivity contribution < 1.29 is 0 Å². The van der Waals surface area contributed by atoms with Gasteiger partial charge in [-0.15, -0.1) is 0 Å². The Morgan fingerprint density at radius 3 is 2.56 bits per heavy atom. The van der Waals surface area contributed by atoms with Crippen molar-refractivity contribution in [1.29, 1.82) is 0 Å².